The summed E-state index contributed by atoms with van der Waals surface area (Å²) in [6.45, 7) is 7.76. The van der Waals surface area contributed by atoms with Crippen LogP contribution in [0.1, 0.15) is 109 Å². The zero-order chi connectivity index (χ0) is 35.7. The van der Waals surface area contributed by atoms with Crippen LogP contribution in [0.15, 0.2) is 30.6 Å². The summed E-state index contributed by atoms with van der Waals surface area (Å²) in [5.74, 6) is 0.00632. The predicted molar refractivity (Wildman–Crippen MR) is 200 cm³/mol. The number of likely N-dealkylation sites (tertiary alicyclic amines) is 2. The Morgan fingerprint density at radius 1 is 0.904 bits per heavy atom. The molecule has 3 aromatic rings. The van der Waals surface area contributed by atoms with Crippen molar-refractivity contribution in [2.75, 3.05) is 36.4 Å². The number of carboxylic acids is 1. The van der Waals surface area contributed by atoms with Gasteiger partial charge in [-0.1, -0.05) is 18.6 Å². The molecule has 3 aliphatic carbocycles. The van der Waals surface area contributed by atoms with E-state index in [1.54, 1.807) is 0 Å². The van der Waals surface area contributed by atoms with Gasteiger partial charge in [-0.15, -0.1) is 0 Å². The monoisotopic (exact) mass is 707 g/mol. The molecule has 5 heterocycles. The molecule has 0 atom stereocenters. The normalized spacial score (nSPS) is 27.6. The number of carbonyl (C=O) groups excluding carboxylic acids is 2. The fourth-order valence-corrected chi connectivity index (χ4v) is 10.0. The van der Waals surface area contributed by atoms with Gasteiger partial charge in [0, 0.05) is 54.4 Å². The number of nitrogens with zero attached hydrogens (tertiary/aromatic N) is 6. The fraction of sp³-hybridized carbons (Fsp3) is 0.634. The molecule has 3 aliphatic heterocycles. The number of benzene rings is 1. The highest BCUT2D eigenvalue weighted by molar-refractivity contribution is 6.09. The highest BCUT2D eigenvalue weighted by atomic mass is 16.4. The number of hydrogen-bond donors (Lipinski definition) is 2. The summed E-state index contributed by atoms with van der Waals surface area (Å²) in [5.41, 5.74) is 5.28. The number of amides is 2. The van der Waals surface area contributed by atoms with Gasteiger partial charge in [0.15, 0.2) is 5.82 Å². The maximum atomic E-state index is 14.9. The lowest BCUT2D eigenvalue weighted by Gasteiger charge is -2.48. The third-order valence-corrected chi connectivity index (χ3v) is 13.4. The number of carboxylic acid groups (broad SMARTS) is 1. The molecule has 6 aliphatic rings. The van der Waals surface area contributed by atoms with Crippen LogP contribution in [0.3, 0.4) is 0 Å². The third kappa shape index (κ3) is 5.78. The molecule has 2 saturated heterocycles. The molecular formula is C41H53N7O4. The Morgan fingerprint density at radius 2 is 1.62 bits per heavy atom. The second-order valence-corrected chi connectivity index (χ2v) is 17.0. The number of imidazole rings is 1. The van der Waals surface area contributed by atoms with E-state index in [1.165, 1.54) is 19.3 Å². The Hall–Kier alpha value is -3.99. The average Bonchev–Trinajstić information content (AvgIpc) is 3.80. The average molecular weight is 708 g/mol. The summed E-state index contributed by atoms with van der Waals surface area (Å²) in [5, 5.41) is 13.1. The second kappa shape index (κ2) is 13.1. The van der Waals surface area contributed by atoms with Crippen molar-refractivity contribution in [2.24, 2.45) is 11.8 Å². The molecule has 1 aromatic carbocycles. The van der Waals surface area contributed by atoms with E-state index in [2.05, 4.69) is 57.8 Å². The SMILES string of the molecule is CC(C)n1cnc2cc(-c3ccc4c(c3)N(C3CC(N5CCCCC5)C3)C(=O)C43CCN(C(=O)C4CCC(C(=O)O)CC4)CC3)nc(NC3CC3)c21. The minimum absolute atomic E-state index is 0.118. The van der Waals surface area contributed by atoms with Gasteiger partial charge in [-0.25, -0.2) is 9.97 Å². The summed E-state index contributed by atoms with van der Waals surface area (Å²) in [6, 6.07) is 10.0. The number of aromatic nitrogens is 3. The number of carbonyl (C=O) groups is 3. The smallest absolute Gasteiger partial charge is 0.306 e. The summed E-state index contributed by atoms with van der Waals surface area (Å²) < 4.78 is 2.19. The van der Waals surface area contributed by atoms with E-state index in [0.717, 1.165) is 78.1 Å². The van der Waals surface area contributed by atoms with Crippen LogP contribution in [0.4, 0.5) is 11.5 Å². The molecule has 0 bridgehead atoms. The second-order valence-electron chi connectivity index (χ2n) is 17.0. The Labute approximate surface area is 306 Å². The van der Waals surface area contributed by atoms with E-state index >= 15 is 0 Å². The number of rotatable bonds is 8. The van der Waals surface area contributed by atoms with Gasteiger partial charge in [-0.2, -0.15) is 0 Å². The number of nitrogens with one attached hydrogen (secondary N) is 1. The lowest BCUT2D eigenvalue weighted by molar-refractivity contribution is -0.146. The zero-order valence-electron chi connectivity index (χ0n) is 30.7. The molecule has 3 saturated carbocycles. The molecule has 5 fully saturated rings. The Kier molecular flexibility index (Phi) is 8.55. The molecule has 2 amide bonds. The first-order valence-corrected chi connectivity index (χ1v) is 20.1. The number of fused-ring (bicyclic) bond motifs is 3. The maximum Gasteiger partial charge on any atom is 0.306 e. The Balaban J connectivity index is 1.02. The minimum atomic E-state index is -0.751. The zero-order valence-corrected chi connectivity index (χ0v) is 30.7. The van der Waals surface area contributed by atoms with Gasteiger partial charge in [0.1, 0.15) is 5.52 Å². The lowest BCUT2D eigenvalue weighted by Crippen LogP contribution is -2.58. The van der Waals surface area contributed by atoms with Crippen LogP contribution in [-0.4, -0.2) is 91.5 Å². The fourth-order valence-electron chi connectivity index (χ4n) is 10.0. The Bertz CT molecular complexity index is 1870. The molecule has 11 heteroatoms. The van der Waals surface area contributed by atoms with Crippen molar-refractivity contribution in [3.8, 4) is 11.3 Å². The summed E-state index contributed by atoms with van der Waals surface area (Å²) in [6.07, 6.45) is 13.7. The van der Waals surface area contributed by atoms with Crippen LogP contribution in [0.2, 0.25) is 0 Å². The predicted octanol–water partition coefficient (Wildman–Crippen LogP) is 6.37. The van der Waals surface area contributed by atoms with Gasteiger partial charge in [-0.05, 0) is 122 Å². The standard InChI is InChI=1S/C41H53N7O4/c1-25(2)47-24-42-34-23-33(44-37(36(34)47)43-29-11-12-29)28-10-13-32-35(20-28)48(31-21-30(22-31)45-16-4-3-5-17-45)40(52)41(32)14-18-46(19-15-41)38(49)26-6-8-27(9-7-26)39(50)51/h10,13,20,23-27,29-31H,3-9,11-12,14-19,21-22H2,1-2H3,(H,43,44)(H,50,51). The quantitative estimate of drug-likeness (QED) is 0.277. The molecule has 9 rings (SSSR count). The number of pyridine rings is 1. The molecule has 0 radical (unpaired) electrons. The van der Waals surface area contributed by atoms with Crippen LogP contribution in [0, 0.1) is 11.8 Å². The first-order chi connectivity index (χ1) is 25.2. The van der Waals surface area contributed by atoms with Crippen molar-refractivity contribution in [3.63, 3.8) is 0 Å². The largest absolute Gasteiger partial charge is 0.481 e. The third-order valence-electron chi connectivity index (χ3n) is 13.4. The molecule has 11 nitrogen and oxygen atoms in total. The van der Waals surface area contributed by atoms with Gasteiger partial charge >= 0.3 is 5.97 Å². The van der Waals surface area contributed by atoms with Crippen molar-refractivity contribution in [2.45, 2.75) is 127 Å². The van der Waals surface area contributed by atoms with Crippen LogP contribution < -0.4 is 10.2 Å². The number of aliphatic carboxylic acids is 1. The van der Waals surface area contributed by atoms with E-state index in [-0.39, 0.29) is 35.7 Å². The highest BCUT2D eigenvalue weighted by Gasteiger charge is 2.56. The number of hydrogen-bond acceptors (Lipinski definition) is 7. The van der Waals surface area contributed by atoms with Gasteiger partial charge < -0.3 is 29.7 Å². The van der Waals surface area contributed by atoms with Gasteiger partial charge in [0.2, 0.25) is 11.8 Å². The van der Waals surface area contributed by atoms with Crippen molar-refractivity contribution >= 4 is 40.3 Å². The van der Waals surface area contributed by atoms with Crippen LogP contribution in [-0.2, 0) is 19.8 Å². The lowest BCUT2D eigenvalue weighted by atomic mass is 9.73. The van der Waals surface area contributed by atoms with Crippen LogP contribution in [0.25, 0.3) is 22.3 Å². The molecule has 1 spiro atoms. The highest BCUT2D eigenvalue weighted by Crippen LogP contribution is 2.52. The van der Waals surface area contributed by atoms with E-state index in [9.17, 15) is 19.5 Å². The topological polar surface area (TPSA) is 124 Å². The first kappa shape index (κ1) is 33.8. The van der Waals surface area contributed by atoms with Crippen molar-refractivity contribution in [1.29, 1.82) is 0 Å². The molecule has 2 N–H and O–H groups in total. The van der Waals surface area contributed by atoms with Crippen LogP contribution >= 0.6 is 0 Å². The molecule has 0 unspecified atom stereocenters. The van der Waals surface area contributed by atoms with Gasteiger partial charge in [-0.3, -0.25) is 14.4 Å². The maximum absolute atomic E-state index is 14.9. The van der Waals surface area contributed by atoms with Crippen LogP contribution in [0.5, 0.6) is 0 Å². The van der Waals surface area contributed by atoms with Gasteiger partial charge in [0.05, 0.1) is 28.9 Å². The van der Waals surface area contributed by atoms with E-state index in [1.807, 2.05) is 11.2 Å². The molecular weight excluding hydrogens is 654 g/mol. The van der Waals surface area contributed by atoms with E-state index in [4.69, 9.17) is 9.97 Å². The summed E-state index contributed by atoms with van der Waals surface area (Å²) in [4.78, 5) is 56.9. The van der Waals surface area contributed by atoms with E-state index < -0.39 is 11.4 Å². The van der Waals surface area contributed by atoms with E-state index in [0.29, 0.717) is 63.7 Å². The molecule has 2 aromatic heterocycles. The number of piperidine rings is 2. The number of anilines is 2. The minimum Gasteiger partial charge on any atom is -0.481 e. The van der Waals surface area contributed by atoms with Crippen molar-refractivity contribution in [1.82, 2.24) is 24.3 Å². The van der Waals surface area contributed by atoms with Gasteiger partial charge in [0.25, 0.3) is 0 Å². The summed E-state index contributed by atoms with van der Waals surface area (Å²) in [7, 11) is 0. The molecule has 52 heavy (non-hydrogen) atoms. The molecule has 276 valence electrons. The summed E-state index contributed by atoms with van der Waals surface area (Å²) >= 11 is 0. The van der Waals surface area contributed by atoms with Crippen molar-refractivity contribution < 1.29 is 19.5 Å². The first-order valence-electron chi connectivity index (χ1n) is 20.1. The van der Waals surface area contributed by atoms with Crippen molar-refractivity contribution in [3.05, 3.63) is 36.2 Å². The Morgan fingerprint density at radius 3 is 2.29 bits per heavy atom.